The van der Waals surface area contributed by atoms with Gasteiger partial charge in [0.05, 0.1) is 6.61 Å². The first-order chi connectivity index (χ1) is 9.42. The zero-order chi connectivity index (χ0) is 12.9. The van der Waals surface area contributed by atoms with Gasteiger partial charge in [0.2, 0.25) is 0 Å². The van der Waals surface area contributed by atoms with Gasteiger partial charge in [-0.3, -0.25) is 5.32 Å². The number of ether oxygens (including phenoxy) is 1. The minimum absolute atomic E-state index is 0.151. The van der Waals surface area contributed by atoms with Gasteiger partial charge in [-0.15, -0.1) is 0 Å². The second kappa shape index (κ2) is 6.00. The number of hydrogen-bond donors (Lipinski definition) is 1. The van der Waals surface area contributed by atoms with Crippen LogP contribution in [0, 0.1) is 0 Å². The van der Waals surface area contributed by atoms with Crippen LogP contribution in [0.25, 0.3) is 0 Å². The average molecular weight is 253 g/mol. The predicted octanol–water partition coefficient (Wildman–Crippen LogP) is 2.92. The van der Waals surface area contributed by atoms with Crippen LogP contribution >= 0.6 is 0 Å². The minimum Gasteiger partial charge on any atom is -0.363 e. The number of benzene rings is 2. The molecule has 2 aromatic carbocycles. The van der Waals surface area contributed by atoms with Gasteiger partial charge in [-0.1, -0.05) is 54.6 Å². The van der Waals surface area contributed by atoms with E-state index in [4.69, 9.17) is 4.74 Å². The Morgan fingerprint density at radius 1 is 0.947 bits per heavy atom. The van der Waals surface area contributed by atoms with Crippen molar-refractivity contribution in [3.8, 4) is 0 Å². The summed E-state index contributed by atoms with van der Waals surface area (Å²) in [6, 6.07) is 19.1. The molecule has 0 saturated heterocycles. The average Bonchev–Trinajstić information content (AvgIpc) is 2.48. The molecular weight excluding hydrogens is 234 g/mol. The molecule has 98 valence electrons. The Bertz CT molecular complexity index is 524. The van der Waals surface area contributed by atoms with E-state index in [1.165, 1.54) is 16.7 Å². The Kier molecular flexibility index (Phi) is 3.92. The van der Waals surface area contributed by atoms with Gasteiger partial charge in [0, 0.05) is 13.0 Å². The second-order valence-electron chi connectivity index (χ2n) is 4.95. The SMILES string of the molecule is c1ccc(CCO[C@H]2Cc3ccccc3CN2)cc1. The molecule has 0 saturated carbocycles. The molecule has 19 heavy (non-hydrogen) atoms. The normalized spacial score (nSPS) is 18.0. The third kappa shape index (κ3) is 3.22. The van der Waals surface area contributed by atoms with Crippen molar-refractivity contribution >= 4 is 0 Å². The zero-order valence-electron chi connectivity index (χ0n) is 11.0. The van der Waals surface area contributed by atoms with Crippen molar-refractivity contribution in [3.63, 3.8) is 0 Å². The Labute approximate surface area is 114 Å². The van der Waals surface area contributed by atoms with E-state index in [-0.39, 0.29) is 6.23 Å². The molecule has 1 heterocycles. The van der Waals surface area contributed by atoms with Crippen molar-refractivity contribution in [2.24, 2.45) is 0 Å². The summed E-state index contributed by atoms with van der Waals surface area (Å²) < 4.78 is 5.93. The van der Waals surface area contributed by atoms with E-state index in [1.54, 1.807) is 0 Å². The molecule has 3 rings (SSSR count). The highest BCUT2D eigenvalue weighted by Crippen LogP contribution is 2.16. The van der Waals surface area contributed by atoms with Gasteiger partial charge in [-0.2, -0.15) is 0 Å². The summed E-state index contributed by atoms with van der Waals surface area (Å²) in [4.78, 5) is 0. The maximum Gasteiger partial charge on any atom is 0.112 e. The van der Waals surface area contributed by atoms with Crippen molar-refractivity contribution in [3.05, 3.63) is 71.3 Å². The molecule has 0 radical (unpaired) electrons. The van der Waals surface area contributed by atoms with E-state index in [2.05, 4.69) is 53.8 Å². The highest BCUT2D eigenvalue weighted by Gasteiger charge is 2.17. The maximum atomic E-state index is 5.93. The van der Waals surface area contributed by atoms with Gasteiger partial charge in [-0.25, -0.2) is 0 Å². The maximum absolute atomic E-state index is 5.93. The number of fused-ring (bicyclic) bond motifs is 1. The van der Waals surface area contributed by atoms with Crippen molar-refractivity contribution in [1.29, 1.82) is 0 Å². The van der Waals surface area contributed by atoms with E-state index in [0.29, 0.717) is 0 Å². The topological polar surface area (TPSA) is 21.3 Å². The highest BCUT2D eigenvalue weighted by molar-refractivity contribution is 5.29. The smallest absolute Gasteiger partial charge is 0.112 e. The first-order valence-electron chi connectivity index (χ1n) is 6.87. The molecule has 2 aromatic rings. The lowest BCUT2D eigenvalue weighted by molar-refractivity contribution is 0.0261. The van der Waals surface area contributed by atoms with E-state index in [1.807, 2.05) is 6.07 Å². The molecule has 2 heteroatoms. The van der Waals surface area contributed by atoms with Crippen molar-refractivity contribution in [2.75, 3.05) is 6.61 Å². The molecule has 1 N–H and O–H groups in total. The first-order valence-corrected chi connectivity index (χ1v) is 6.87. The fourth-order valence-electron chi connectivity index (χ4n) is 2.51. The number of nitrogens with one attached hydrogen (secondary N) is 1. The molecule has 0 spiro atoms. The van der Waals surface area contributed by atoms with Gasteiger partial charge in [0.25, 0.3) is 0 Å². The fraction of sp³-hybridized carbons (Fsp3) is 0.294. The summed E-state index contributed by atoms with van der Waals surface area (Å²) in [6.07, 6.45) is 2.09. The Hall–Kier alpha value is -1.64. The number of rotatable bonds is 4. The van der Waals surface area contributed by atoms with Crippen LogP contribution in [-0.2, 0) is 24.1 Å². The lowest BCUT2D eigenvalue weighted by Crippen LogP contribution is -2.38. The molecule has 2 nitrogen and oxygen atoms in total. The van der Waals surface area contributed by atoms with Crippen LogP contribution < -0.4 is 5.32 Å². The molecule has 1 aliphatic heterocycles. The van der Waals surface area contributed by atoms with Crippen LogP contribution in [0.1, 0.15) is 16.7 Å². The lowest BCUT2D eigenvalue weighted by Gasteiger charge is -2.26. The van der Waals surface area contributed by atoms with E-state index < -0.39 is 0 Å². The third-order valence-corrected chi connectivity index (χ3v) is 3.60. The molecule has 1 atom stereocenters. The number of hydrogen-bond acceptors (Lipinski definition) is 2. The second-order valence-corrected chi connectivity index (χ2v) is 4.95. The van der Waals surface area contributed by atoms with Crippen LogP contribution in [-0.4, -0.2) is 12.8 Å². The van der Waals surface area contributed by atoms with Crippen LogP contribution in [0.2, 0.25) is 0 Å². The molecule has 0 aliphatic carbocycles. The molecular formula is C17H19NO. The first kappa shape index (κ1) is 12.4. The molecule has 0 fully saturated rings. The van der Waals surface area contributed by atoms with E-state index in [9.17, 15) is 0 Å². The third-order valence-electron chi connectivity index (χ3n) is 3.60. The Morgan fingerprint density at radius 2 is 1.68 bits per heavy atom. The van der Waals surface area contributed by atoms with Gasteiger partial charge in [-0.05, 0) is 23.1 Å². The largest absolute Gasteiger partial charge is 0.363 e. The van der Waals surface area contributed by atoms with E-state index >= 15 is 0 Å². The fourth-order valence-corrected chi connectivity index (χ4v) is 2.51. The molecule has 1 aliphatic rings. The van der Waals surface area contributed by atoms with Gasteiger partial charge < -0.3 is 4.74 Å². The summed E-state index contributed by atoms with van der Waals surface area (Å²) in [5.74, 6) is 0. The summed E-state index contributed by atoms with van der Waals surface area (Å²) in [7, 11) is 0. The van der Waals surface area contributed by atoms with E-state index in [0.717, 1.165) is 26.0 Å². The standard InChI is InChI=1S/C17H19NO/c1-2-6-14(7-3-1)10-11-19-17-12-15-8-4-5-9-16(15)13-18-17/h1-9,17-18H,10-13H2/t17-/m0/s1. The quantitative estimate of drug-likeness (QED) is 0.904. The monoisotopic (exact) mass is 253 g/mol. The summed E-state index contributed by atoms with van der Waals surface area (Å²) in [6.45, 7) is 1.68. The molecule has 0 bridgehead atoms. The van der Waals surface area contributed by atoms with Gasteiger partial charge in [0.1, 0.15) is 6.23 Å². The summed E-state index contributed by atoms with van der Waals surface area (Å²) >= 11 is 0. The Balaban J connectivity index is 1.50. The van der Waals surface area contributed by atoms with Crippen LogP contribution in [0.5, 0.6) is 0 Å². The van der Waals surface area contributed by atoms with Gasteiger partial charge >= 0.3 is 0 Å². The Morgan fingerprint density at radius 3 is 2.53 bits per heavy atom. The van der Waals surface area contributed by atoms with Gasteiger partial charge in [0.15, 0.2) is 0 Å². The van der Waals surface area contributed by atoms with Crippen LogP contribution in [0.3, 0.4) is 0 Å². The minimum atomic E-state index is 0.151. The molecule has 0 amide bonds. The zero-order valence-corrected chi connectivity index (χ0v) is 11.0. The molecule has 0 unspecified atom stereocenters. The predicted molar refractivity (Wildman–Crippen MR) is 76.9 cm³/mol. The van der Waals surface area contributed by atoms with Crippen molar-refractivity contribution in [1.82, 2.24) is 5.32 Å². The highest BCUT2D eigenvalue weighted by atomic mass is 16.5. The van der Waals surface area contributed by atoms with Crippen LogP contribution in [0.4, 0.5) is 0 Å². The van der Waals surface area contributed by atoms with Crippen molar-refractivity contribution in [2.45, 2.75) is 25.6 Å². The summed E-state index contributed by atoms with van der Waals surface area (Å²) in [5, 5.41) is 3.44. The van der Waals surface area contributed by atoms with Crippen LogP contribution in [0.15, 0.2) is 54.6 Å². The molecule has 0 aromatic heterocycles. The lowest BCUT2D eigenvalue weighted by atomic mass is 10.0. The van der Waals surface area contributed by atoms with Crippen molar-refractivity contribution < 1.29 is 4.74 Å². The summed E-state index contributed by atoms with van der Waals surface area (Å²) in [5.41, 5.74) is 4.13.